The lowest BCUT2D eigenvalue weighted by atomic mass is 9.75. The van der Waals surface area contributed by atoms with E-state index in [1.54, 1.807) is 104 Å². The lowest BCUT2D eigenvalue weighted by Crippen LogP contribution is -2.46. The monoisotopic (exact) mass is 1650 g/mol. The Labute approximate surface area is 721 Å². The number of ketones is 7. The summed E-state index contributed by atoms with van der Waals surface area (Å²) >= 11 is 0. The molecule has 8 radical (unpaired) electrons. The fraction of sp³-hybridized carbons (Fsp3) is 0.660. The maximum absolute atomic E-state index is 13.2. The maximum atomic E-state index is 13.2. The van der Waals surface area contributed by atoms with Crippen molar-refractivity contribution < 1.29 is 86.1 Å². The lowest BCUT2D eigenvalue weighted by Gasteiger charge is -2.36. The van der Waals surface area contributed by atoms with Crippen molar-refractivity contribution in [3.63, 3.8) is 0 Å². The average Bonchev–Trinajstić information content (AvgIpc) is 0.777. The molecule has 0 fully saturated rings. The Bertz CT molecular complexity index is 4060. The Morgan fingerprint density at radius 1 is 0.328 bits per heavy atom. The first-order valence-electron chi connectivity index (χ1n) is 40.5. The molecule has 0 heterocycles. The van der Waals surface area contributed by atoms with E-state index in [1.807, 2.05) is 138 Å². The molecular formula is C94H147B4N3O18. The van der Waals surface area contributed by atoms with Crippen molar-refractivity contribution in [2.75, 3.05) is 40.5 Å². The van der Waals surface area contributed by atoms with Crippen molar-refractivity contribution in [1.82, 2.24) is 14.7 Å². The molecule has 2 rings (SSSR count). The number of nitrogens with zero attached hydrogens (tertiary/aromatic N) is 3. The van der Waals surface area contributed by atoms with Crippen LogP contribution >= 0.6 is 0 Å². The summed E-state index contributed by atoms with van der Waals surface area (Å²) in [6, 6.07) is 16.8. The normalized spacial score (nSPS) is 13.0. The van der Waals surface area contributed by atoms with E-state index in [-0.39, 0.29) is 97.1 Å². The molecule has 0 aliphatic carbocycles. The standard InChI is InChI=1S/C26H38BNO5.C25H36O3.C24H40BNO5.C17H28BNO5.C2H5B/c1-17(29)24(4,5)18-13-11-12-14-19(18)26(8,9)33-22(32)25(6,7)20(30)15-23(2,3)21(31)28(10)16-27;1-17(2)23(5,6)18(3)19(4)25(9,10)28-22(27)24(7,8)21(26)16-20-14-12-11-13-15-20;1-15(22(6,7)17(3)27)16(2)24(10,11)31-20(30)23(8,9)18(28)13-21(4,5)19(29)26(12)14-25;1-11(20)17(6,7)24-14(23)16(4,5)12(21)9-15(2,3)13(22)19(8)10-18;1-2-3/h11-14H,15-16H2,1-10H3;11-15H,1,16H2,2-10H3;13-14H2,1-12H3;9-10H2,1-8H3;2H2,1H3/b;19-18-;16-15-;;. The van der Waals surface area contributed by atoms with E-state index in [1.165, 1.54) is 90.9 Å². The van der Waals surface area contributed by atoms with Crippen molar-refractivity contribution in [3.8, 4) is 0 Å². The fourth-order valence-corrected chi connectivity index (χ4v) is 11.2. The quantitative estimate of drug-likeness (QED) is 0.0201. The minimum absolute atomic E-state index is 0.0105. The van der Waals surface area contributed by atoms with Crippen LogP contribution in [0.3, 0.4) is 0 Å². The maximum Gasteiger partial charge on any atom is 0.320 e. The molecule has 658 valence electrons. The number of carbonyl (C=O) groups excluding carboxylic acids is 14. The number of benzene rings is 2. The lowest BCUT2D eigenvalue weighted by molar-refractivity contribution is -0.174. The number of Topliss-reactive ketones (excluding diaryl/α,β-unsaturated/α-hetero) is 7. The number of amides is 3. The largest absolute Gasteiger partial charge is 0.454 e. The van der Waals surface area contributed by atoms with E-state index >= 15 is 0 Å². The van der Waals surface area contributed by atoms with Crippen LogP contribution in [0.1, 0.15) is 292 Å². The summed E-state index contributed by atoms with van der Waals surface area (Å²) in [7, 11) is 26.0. The zero-order chi connectivity index (χ0) is 95.3. The van der Waals surface area contributed by atoms with E-state index in [9.17, 15) is 67.1 Å². The summed E-state index contributed by atoms with van der Waals surface area (Å²) < 4.78 is 22.7. The molecule has 0 spiro atoms. The van der Waals surface area contributed by atoms with Crippen LogP contribution in [-0.2, 0) is 104 Å². The molecule has 0 aromatic heterocycles. The second-order valence-corrected chi connectivity index (χ2v) is 39.0. The Kier molecular flexibility index (Phi) is 42.6. The second kappa shape index (κ2) is 44.1. The minimum Gasteiger partial charge on any atom is -0.454 e. The van der Waals surface area contributed by atoms with Crippen molar-refractivity contribution in [2.24, 2.45) is 48.7 Å². The van der Waals surface area contributed by atoms with Gasteiger partial charge >= 0.3 is 23.9 Å². The average molecular weight is 1650 g/mol. The van der Waals surface area contributed by atoms with Crippen LogP contribution in [-0.4, -0.2) is 185 Å². The molecule has 0 aliphatic rings. The van der Waals surface area contributed by atoms with Crippen LogP contribution in [0.2, 0.25) is 6.32 Å². The van der Waals surface area contributed by atoms with E-state index < -0.39 is 107 Å². The van der Waals surface area contributed by atoms with E-state index in [0.717, 1.165) is 45.3 Å². The number of hydrogen-bond donors (Lipinski definition) is 0. The van der Waals surface area contributed by atoms with Gasteiger partial charge in [0, 0.05) is 63.1 Å². The summed E-state index contributed by atoms with van der Waals surface area (Å²) in [6.45, 7) is 67.3. The van der Waals surface area contributed by atoms with Gasteiger partial charge in [-0.1, -0.05) is 147 Å². The number of esters is 4. The highest BCUT2D eigenvalue weighted by molar-refractivity contribution is 6.12. The molecule has 0 saturated carbocycles. The molecule has 21 nitrogen and oxygen atoms in total. The van der Waals surface area contributed by atoms with Crippen LogP contribution in [0.25, 0.3) is 0 Å². The van der Waals surface area contributed by atoms with E-state index in [2.05, 4.69) is 20.4 Å². The third-order valence-corrected chi connectivity index (χ3v) is 23.6. The molecule has 0 unspecified atom stereocenters. The number of carbonyl (C=O) groups is 14. The van der Waals surface area contributed by atoms with E-state index in [4.69, 9.17) is 50.3 Å². The molecule has 0 N–H and O–H groups in total. The van der Waals surface area contributed by atoms with Crippen molar-refractivity contribution in [1.29, 1.82) is 0 Å². The zero-order valence-electron chi connectivity index (χ0n) is 80.6. The van der Waals surface area contributed by atoms with Gasteiger partial charge in [-0.25, -0.2) is 0 Å². The van der Waals surface area contributed by atoms with Gasteiger partial charge in [0.2, 0.25) is 17.7 Å². The number of hydrogen-bond acceptors (Lipinski definition) is 18. The zero-order valence-corrected chi connectivity index (χ0v) is 80.6. The smallest absolute Gasteiger partial charge is 0.320 e. The Morgan fingerprint density at radius 3 is 0.857 bits per heavy atom. The van der Waals surface area contributed by atoms with Crippen LogP contribution in [0, 0.1) is 48.7 Å². The summed E-state index contributed by atoms with van der Waals surface area (Å²) in [6.07, 6.45) is 0.674. The SMILES string of the molecule is C=C(C)C(C)(C)/C(C)=C(/C)C(C)(C)OC(=O)C(C)(C)C(=O)Cc1ccccc1.[B]CC.[B]CN(C)C(=O)C(C)(C)CC(=O)C(C)(C)C(=O)OC(C)(C)/C(C)=C(/C)C(C)(C)C(C)=O.[B]CN(C)C(=O)C(C)(C)CC(=O)C(C)(C)C(=O)OC(C)(C)C(C)=O.[B]CN(C)C(=O)C(C)(C)CC(=O)C(C)(C)C(=O)OC(C)(C)c1ccccc1C(C)(C)C(C)=O. The second-order valence-electron chi connectivity index (χ2n) is 39.0. The molecule has 2 aromatic carbocycles. The predicted octanol–water partition coefficient (Wildman–Crippen LogP) is 16.0. The summed E-state index contributed by atoms with van der Waals surface area (Å²) in [5.74, 6) is -5.18. The van der Waals surface area contributed by atoms with Gasteiger partial charge < -0.3 is 33.6 Å². The summed E-state index contributed by atoms with van der Waals surface area (Å²) in [5.41, 5.74) is -7.48. The molecule has 119 heavy (non-hydrogen) atoms. The molecule has 0 bridgehead atoms. The Balaban J connectivity index is -0.00000150. The first-order valence-corrected chi connectivity index (χ1v) is 40.5. The van der Waals surface area contributed by atoms with Crippen molar-refractivity contribution in [2.45, 2.75) is 316 Å². The molecule has 0 atom stereocenters. The van der Waals surface area contributed by atoms with Gasteiger partial charge in [-0.2, -0.15) is 0 Å². The molecule has 0 saturated heterocycles. The van der Waals surface area contributed by atoms with Gasteiger partial charge in [0.1, 0.15) is 50.0 Å². The molecule has 3 amide bonds. The molecular weight excluding hydrogens is 1500 g/mol. The summed E-state index contributed by atoms with van der Waals surface area (Å²) in [4.78, 5) is 180. The van der Waals surface area contributed by atoms with Crippen molar-refractivity contribution >= 4 is 113 Å². The minimum atomic E-state index is -1.47. The highest BCUT2D eigenvalue weighted by Crippen LogP contribution is 2.43. The third kappa shape index (κ3) is 31.4. The first-order chi connectivity index (χ1) is 53.1. The van der Waals surface area contributed by atoms with Gasteiger partial charge in [0.15, 0.2) is 34.5 Å². The molecule has 0 aliphatic heterocycles. The van der Waals surface area contributed by atoms with Gasteiger partial charge in [-0.05, 0) is 241 Å². The van der Waals surface area contributed by atoms with Gasteiger partial charge in [0.25, 0.3) is 0 Å². The summed E-state index contributed by atoms with van der Waals surface area (Å²) in [5, 5.41) is 0. The number of ether oxygens (including phenoxy) is 4. The van der Waals surface area contributed by atoms with Crippen molar-refractivity contribution in [3.05, 3.63) is 106 Å². The molecule has 25 heteroatoms. The van der Waals surface area contributed by atoms with Crippen LogP contribution in [0.15, 0.2) is 89.0 Å². The Morgan fingerprint density at radius 2 is 0.588 bits per heavy atom. The fourth-order valence-electron chi connectivity index (χ4n) is 11.2. The van der Waals surface area contributed by atoms with Crippen LogP contribution in [0.4, 0.5) is 0 Å². The first kappa shape index (κ1) is 115. The highest BCUT2D eigenvalue weighted by atomic mass is 16.6. The Hall–Kier alpha value is -8.10. The van der Waals surface area contributed by atoms with Crippen LogP contribution < -0.4 is 0 Å². The van der Waals surface area contributed by atoms with Gasteiger partial charge in [-0.3, -0.25) is 67.1 Å². The molecule has 2 aromatic rings. The number of rotatable bonds is 36. The number of allylic oxidation sites excluding steroid dienone is 3. The van der Waals surface area contributed by atoms with Gasteiger partial charge in [0.05, 0.1) is 47.6 Å². The topological polar surface area (TPSA) is 286 Å². The third-order valence-electron chi connectivity index (χ3n) is 23.6. The van der Waals surface area contributed by atoms with Gasteiger partial charge in [-0.15, -0.1) is 0 Å². The highest BCUT2D eigenvalue weighted by Gasteiger charge is 2.50. The van der Waals surface area contributed by atoms with Crippen LogP contribution in [0.5, 0.6) is 0 Å². The predicted molar refractivity (Wildman–Crippen MR) is 477 cm³/mol. The van der Waals surface area contributed by atoms with E-state index in [0.29, 0.717) is 5.56 Å².